The minimum absolute atomic E-state index is 0. The molecule has 1 saturated heterocycles. The van der Waals surface area contributed by atoms with Crippen LogP contribution < -0.4 is 11.1 Å². The molecule has 8 nitrogen and oxygen atoms in total. The Morgan fingerprint density at radius 2 is 2.04 bits per heavy atom. The maximum absolute atomic E-state index is 13.2. The van der Waals surface area contributed by atoms with Gasteiger partial charge in [0, 0.05) is 32.1 Å². The second-order valence-corrected chi connectivity index (χ2v) is 8.47. The van der Waals surface area contributed by atoms with Crippen LogP contribution in [0.25, 0.3) is 0 Å². The van der Waals surface area contributed by atoms with Crippen LogP contribution in [0, 0.1) is 6.92 Å². The number of hydrogen-bond acceptors (Lipinski definition) is 6. The number of ether oxygens (including phenoxy) is 1. The number of methoxy groups -OCH3 is 1. The van der Waals surface area contributed by atoms with Crippen LogP contribution in [-0.2, 0) is 19.6 Å². The minimum Gasteiger partial charge on any atom is -0.465 e. The molecule has 28 heavy (non-hydrogen) atoms. The molecule has 1 atom stereocenters. The van der Waals surface area contributed by atoms with Crippen molar-refractivity contribution in [2.24, 2.45) is 5.73 Å². The first kappa shape index (κ1) is 24.4. The number of nitrogens with one attached hydrogen (secondary N) is 1. The van der Waals surface area contributed by atoms with Crippen molar-refractivity contribution in [1.29, 1.82) is 0 Å². The van der Waals surface area contributed by atoms with Gasteiger partial charge in [-0.1, -0.05) is 12.5 Å². The van der Waals surface area contributed by atoms with Gasteiger partial charge in [-0.2, -0.15) is 4.31 Å². The monoisotopic (exact) mass is 433 g/mol. The van der Waals surface area contributed by atoms with E-state index >= 15 is 0 Å². The molecule has 1 heterocycles. The molecule has 1 aliphatic heterocycles. The van der Waals surface area contributed by atoms with Crippen molar-refractivity contribution < 1.29 is 22.7 Å². The lowest BCUT2D eigenvalue weighted by Gasteiger charge is -2.34. The molecule has 158 valence electrons. The van der Waals surface area contributed by atoms with Crippen molar-refractivity contribution in [2.45, 2.75) is 43.5 Å². The van der Waals surface area contributed by atoms with Gasteiger partial charge in [0.05, 0.1) is 17.6 Å². The standard InChI is InChI=1S/C18H27N3O5S.ClH/c1-13-6-7-15(11-16(13)18(23)26-2)27(24,25)21-10-4-3-5-14(21)12-20-17(22)8-9-19;/h6-7,11,14H,3-5,8-10,12,19H2,1-2H3,(H,20,22);1H. The Bertz CT molecular complexity index is 800. The third-order valence-electron chi connectivity index (χ3n) is 4.70. The lowest BCUT2D eigenvalue weighted by atomic mass is 10.1. The van der Waals surface area contributed by atoms with Gasteiger partial charge in [-0.15, -0.1) is 12.4 Å². The van der Waals surface area contributed by atoms with E-state index in [0.29, 0.717) is 18.5 Å². The molecule has 2 rings (SSSR count). The van der Waals surface area contributed by atoms with Crippen LogP contribution in [-0.4, -0.2) is 57.4 Å². The van der Waals surface area contributed by atoms with Gasteiger partial charge in [-0.25, -0.2) is 13.2 Å². The molecule has 10 heteroatoms. The highest BCUT2D eigenvalue weighted by molar-refractivity contribution is 7.89. The number of halogens is 1. The zero-order valence-electron chi connectivity index (χ0n) is 16.1. The average Bonchev–Trinajstić information content (AvgIpc) is 2.66. The Hall–Kier alpha value is -1.68. The summed E-state index contributed by atoms with van der Waals surface area (Å²) in [6, 6.07) is 4.12. The number of nitrogens with two attached hydrogens (primary N) is 1. The molecule has 0 aromatic heterocycles. The predicted molar refractivity (Wildman–Crippen MR) is 108 cm³/mol. The summed E-state index contributed by atoms with van der Waals surface area (Å²) >= 11 is 0. The summed E-state index contributed by atoms with van der Waals surface area (Å²) in [7, 11) is -2.55. The lowest BCUT2D eigenvalue weighted by molar-refractivity contribution is -0.121. The van der Waals surface area contributed by atoms with Gasteiger partial charge in [0.1, 0.15) is 0 Å². The van der Waals surface area contributed by atoms with Gasteiger partial charge in [-0.05, 0) is 37.5 Å². The highest BCUT2D eigenvalue weighted by atomic mass is 35.5. The number of carbonyl (C=O) groups excluding carboxylic acids is 2. The number of aryl methyl sites for hydroxylation is 1. The van der Waals surface area contributed by atoms with Crippen molar-refractivity contribution in [3.63, 3.8) is 0 Å². The van der Waals surface area contributed by atoms with Crippen LogP contribution in [0.3, 0.4) is 0 Å². The van der Waals surface area contributed by atoms with Crippen molar-refractivity contribution >= 4 is 34.3 Å². The number of esters is 1. The average molecular weight is 434 g/mol. The second-order valence-electron chi connectivity index (χ2n) is 6.58. The molecular weight excluding hydrogens is 406 g/mol. The van der Waals surface area contributed by atoms with E-state index in [2.05, 4.69) is 5.32 Å². The molecule has 1 amide bonds. The van der Waals surface area contributed by atoms with Crippen molar-refractivity contribution in [3.8, 4) is 0 Å². The lowest BCUT2D eigenvalue weighted by Crippen LogP contribution is -2.49. The number of benzene rings is 1. The highest BCUT2D eigenvalue weighted by Gasteiger charge is 2.34. The first-order chi connectivity index (χ1) is 12.8. The number of hydrogen-bond donors (Lipinski definition) is 2. The van der Waals surface area contributed by atoms with Crippen molar-refractivity contribution in [2.75, 3.05) is 26.7 Å². The normalized spacial score (nSPS) is 17.5. The minimum atomic E-state index is -3.80. The van der Waals surface area contributed by atoms with Crippen LogP contribution in [0.1, 0.15) is 41.6 Å². The number of sulfonamides is 1. The summed E-state index contributed by atoms with van der Waals surface area (Å²) in [5.41, 5.74) is 6.24. The largest absolute Gasteiger partial charge is 0.465 e. The maximum Gasteiger partial charge on any atom is 0.338 e. The first-order valence-corrected chi connectivity index (χ1v) is 10.4. The highest BCUT2D eigenvalue weighted by Crippen LogP contribution is 2.26. The van der Waals surface area contributed by atoms with E-state index in [0.717, 1.165) is 12.8 Å². The molecule has 1 unspecified atom stereocenters. The molecule has 1 aromatic rings. The van der Waals surface area contributed by atoms with Crippen LogP contribution >= 0.6 is 12.4 Å². The summed E-state index contributed by atoms with van der Waals surface area (Å²) in [4.78, 5) is 23.6. The molecule has 1 aliphatic rings. The molecule has 0 bridgehead atoms. The van der Waals surface area contributed by atoms with E-state index in [9.17, 15) is 18.0 Å². The number of nitrogens with zero attached hydrogens (tertiary/aromatic N) is 1. The van der Waals surface area contributed by atoms with Gasteiger partial charge < -0.3 is 15.8 Å². The Labute approximate surface area is 172 Å². The summed E-state index contributed by atoms with van der Waals surface area (Å²) in [5, 5.41) is 2.76. The summed E-state index contributed by atoms with van der Waals surface area (Å²) in [6.45, 7) is 2.59. The first-order valence-electron chi connectivity index (χ1n) is 8.98. The SMILES string of the molecule is COC(=O)c1cc(S(=O)(=O)N2CCCCC2CNC(=O)CCN)ccc1C.Cl. The topological polar surface area (TPSA) is 119 Å². The molecular formula is C18H28ClN3O5S. The zero-order chi connectivity index (χ0) is 20.0. The second kappa shape index (κ2) is 10.8. The van der Waals surface area contributed by atoms with Crippen LogP contribution in [0.5, 0.6) is 0 Å². The Kier molecular flexibility index (Phi) is 9.35. The fourth-order valence-electron chi connectivity index (χ4n) is 3.17. The van der Waals surface area contributed by atoms with Gasteiger partial charge >= 0.3 is 5.97 Å². The summed E-state index contributed by atoms with van der Waals surface area (Å²) in [5.74, 6) is -0.766. The van der Waals surface area contributed by atoms with Gasteiger partial charge in [0.25, 0.3) is 0 Å². The Morgan fingerprint density at radius 3 is 2.68 bits per heavy atom. The quantitative estimate of drug-likeness (QED) is 0.624. The van der Waals surface area contributed by atoms with E-state index in [1.165, 1.54) is 23.5 Å². The molecule has 0 saturated carbocycles. The fourth-order valence-corrected chi connectivity index (χ4v) is 4.89. The number of amides is 1. The molecule has 1 fully saturated rings. The third kappa shape index (κ3) is 5.66. The summed E-state index contributed by atoms with van der Waals surface area (Å²) < 4.78 is 32.5. The van der Waals surface area contributed by atoms with Gasteiger partial charge in [0.15, 0.2) is 0 Å². The Balaban J connectivity index is 0.00000392. The van der Waals surface area contributed by atoms with E-state index in [1.54, 1.807) is 13.0 Å². The molecule has 3 N–H and O–H groups in total. The van der Waals surface area contributed by atoms with E-state index in [-0.39, 0.29) is 54.3 Å². The Morgan fingerprint density at radius 1 is 1.32 bits per heavy atom. The molecule has 0 spiro atoms. The van der Waals surface area contributed by atoms with Gasteiger partial charge in [-0.3, -0.25) is 4.79 Å². The number of rotatable bonds is 7. The van der Waals surface area contributed by atoms with E-state index in [4.69, 9.17) is 10.5 Å². The van der Waals surface area contributed by atoms with Crippen LogP contribution in [0.15, 0.2) is 23.1 Å². The molecule has 0 aliphatic carbocycles. The molecule has 1 aromatic carbocycles. The molecule has 0 radical (unpaired) electrons. The zero-order valence-corrected chi connectivity index (χ0v) is 17.8. The van der Waals surface area contributed by atoms with E-state index in [1.807, 2.05) is 0 Å². The maximum atomic E-state index is 13.2. The third-order valence-corrected chi connectivity index (χ3v) is 6.65. The van der Waals surface area contributed by atoms with Crippen LogP contribution in [0.4, 0.5) is 0 Å². The number of piperidine rings is 1. The smallest absolute Gasteiger partial charge is 0.338 e. The predicted octanol–water partition coefficient (Wildman–Crippen LogP) is 1.21. The summed E-state index contributed by atoms with van der Waals surface area (Å²) in [6.07, 6.45) is 2.52. The van der Waals surface area contributed by atoms with Crippen LogP contribution in [0.2, 0.25) is 0 Å². The van der Waals surface area contributed by atoms with Gasteiger partial charge in [0.2, 0.25) is 15.9 Å². The number of carbonyl (C=O) groups is 2. The van der Waals surface area contributed by atoms with Crippen molar-refractivity contribution in [3.05, 3.63) is 29.3 Å². The fraction of sp³-hybridized carbons (Fsp3) is 0.556. The van der Waals surface area contributed by atoms with Crippen molar-refractivity contribution in [1.82, 2.24) is 9.62 Å². The van der Waals surface area contributed by atoms with E-state index < -0.39 is 16.0 Å².